The number of nitrogens with one attached hydrogen (secondary N) is 1. The summed E-state index contributed by atoms with van der Waals surface area (Å²) in [6, 6.07) is 15.2. The molecule has 180 valence electrons. The molecule has 3 aromatic rings. The minimum absolute atomic E-state index is 0.164. The highest BCUT2D eigenvalue weighted by atomic mass is 16.4. The zero-order valence-electron chi connectivity index (χ0n) is 20.2. The first kappa shape index (κ1) is 22.3. The lowest BCUT2D eigenvalue weighted by Crippen LogP contribution is -2.55. The highest BCUT2D eigenvalue weighted by Crippen LogP contribution is 2.45. The molecule has 3 fully saturated rings. The fourth-order valence-corrected chi connectivity index (χ4v) is 6.24. The number of aryl methyl sites for hydroxylation is 1. The van der Waals surface area contributed by atoms with Crippen molar-refractivity contribution in [3.8, 4) is 6.07 Å². The van der Waals surface area contributed by atoms with E-state index in [2.05, 4.69) is 46.1 Å². The number of nitriles is 1. The molecular formula is C29H32N4O2. The van der Waals surface area contributed by atoms with Crippen LogP contribution in [-0.4, -0.2) is 51.5 Å². The second-order valence-corrected chi connectivity index (χ2v) is 10.7. The topological polar surface area (TPSA) is 83.4 Å². The number of piperidine rings is 1. The Bertz CT molecular complexity index is 1290. The Morgan fingerprint density at radius 3 is 2.63 bits per heavy atom. The summed E-state index contributed by atoms with van der Waals surface area (Å²) < 4.78 is 0. The van der Waals surface area contributed by atoms with Crippen LogP contribution in [0.2, 0.25) is 0 Å². The smallest absolute Gasteiger partial charge is 0.335 e. The lowest BCUT2D eigenvalue weighted by Gasteiger charge is -2.48. The maximum Gasteiger partial charge on any atom is 0.335 e. The Morgan fingerprint density at radius 2 is 1.94 bits per heavy atom. The summed E-state index contributed by atoms with van der Waals surface area (Å²) in [4.78, 5) is 20.0. The second-order valence-electron chi connectivity index (χ2n) is 10.7. The number of nitrogens with zero attached hydrogens (tertiary/aromatic N) is 3. The van der Waals surface area contributed by atoms with E-state index in [0.717, 1.165) is 39.0 Å². The third kappa shape index (κ3) is 4.13. The summed E-state index contributed by atoms with van der Waals surface area (Å²) >= 11 is 0. The molecule has 6 nitrogen and oxygen atoms in total. The molecule has 2 atom stereocenters. The Balaban J connectivity index is 1.33. The van der Waals surface area contributed by atoms with Crippen molar-refractivity contribution in [3.63, 3.8) is 0 Å². The molecule has 3 heterocycles. The first-order valence-electron chi connectivity index (χ1n) is 12.8. The van der Waals surface area contributed by atoms with Crippen molar-refractivity contribution in [1.29, 1.82) is 5.26 Å². The number of benzene rings is 2. The van der Waals surface area contributed by atoms with E-state index in [1.54, 1.807) is 12.1 Å². The van der Waals surface area contributed by atoms with Gasteiger partial charge in [0.2, 0.25) is 0 Å². The number of fused-ring (bicyclic) bond motifs is 1. The molecule has 0 spiro atoms. The Morgan fingerprint density at radius 1 is 1.17 bits per heavy atom. The van der Waals surface area contributed by atoms with Crippen LogP contribution in [0.4, 0.5) is 0 Å². The molecule has 35 heavy (non-hydrogen) atoms. The summed E-state index contributed by atoms with van der Waals surface area (Å²) in [5.74, 6) is -0.0451. The number of aromatic nitrogens is 1. The predicted molar refractivity (Wildman–Crippen MR) is 135 cm³/mol. The van der Waals surface area contributed by atoms with Gasteiger partial charge in [0.25, 0.3) is 0 Å². The number of aromatic carboxylic acids is 1. The molecule has 6 rings (SSSR count). The molecule has 2 N–H and O–H groups in total. The third-order valence-electron chi connectivity index (χ3n) is 8.40. The largest absolute Gasteiger partial charge is 0.478 e. The highest BCUT2D eigenvalue weighted by Gasteiger charge is 2.38. The van der Waals surface area contributed by atoms with E-state index in [1.807, 2.05) is 12.1 Å². The van der Waals surface area contributed by atoms with Gasteiger partial charge in [-0.1, -0.05) is 18.2 Å². The van der Waals surface area contributed by atoms with Gasteiger partial charge >= 0.3 is 5.97 Å². The van der Waals surface area contributed by atoms with Crippen LogP contribution in [0.15, 0.2) is 42.6 Å². The van der Waals surface area contributed by atoms with Gasteiger partial charge in [-0.25, -0.2) is 4.79 Å². The normalized spacial score (nSPS) is 23.8. The molecule has 1 saturated carbocycles. The molecule has 0 bridgehead atoms. The number of carboxylic acids is 1. The summed E-state index contributed by atoms with van der Waals surface area (Å²) in [5, 5.41) is 20.0. The fraction of sp³-hybridized carbons (Fsp3) is 0.448. The van der Waals surface area contributed by atoms with Gasteiger partial charge in [0.1, 0.15) is 0 Å². The summed E-state index contributed by atoms with van der Waals surface area (Å²) in [6.07, 6.45) is 6.72. The van der Waals surface area contributed by atoms with Crippen LogP contribution in [0.5, 0.6) is 0 Å². The van der Waals surface area contributed by atoms with Crippen LogP contribution < -0.4 is 0 Å². The number of hydrogen-bond acceptors (Lipinski definition) is 4. The van der Waals surface area contributed by atoms with E-state index >= 15 is 0 Å². The number of hydrogen-bond donors (Lipinski definition) is 2. The minimum atomic E-state index is -0.887. The van der Waals surface area contributed by atoms with Gasteiger partial charge in [-0.05, 0) is 79.0 Å². The molecule has 1 aliphatic carbocycles. The Hall–Kier alpha value is -3.14. The monoisotopic (exact) mass is 468 g/mol. The summed E-state index contributed by atoms with van der Waals surface area (Å²) in [5.41, 5.74) is 7.04. The van der Waals surface area contributed by atoms with Gasteiger partial charge < -0.3 is 10.1 Å². The van der Waals surface area contributed by atoms with Crippen molar-refractivity contribution in [3.05, 3.63) is 70.4 Å². The zero-order chi connectivity index (χ0) is 24.1. The molecule has 2 aliphatic heterocycles. The molecule has 2 saturated heterocycles. The van der Waals surface area contributed by atoms with Crippen LogP contribution in [0.3, 0.4) is 0 Å². The van der Waals surface area contributed by atoms with E-state index in [9.17, 15) is 15.2 Å². The zero-order valence-corrected chi connectivity index (χ0v) is 20.2. The predicted octanol–water partition coefficient (Wildman–Crippen LogP) is 5.21. The average Bonchev–Trinajstić information content (AvgIpc) is 3.56. The van der Waals surface area contributed by atoms with Gasteiger partial charge in [-0.2, -0.15) is 5.26 Å². The van der Waals surface area contributed by atoms with E-state index in [1.165, 1.54) is 46.0 Å². The maximum atomic E-state index is 11.4. The van der Waals surface area contributed by atoms with Crippen molar-refractivity contribution in [2.45, 2.75) is 57.2 Å². The first-order chi connectivity index (χ1) is 17.0. The maximum absolute atomic E-state index is 11.4. The van der Waals surface area contributed by atoms with Crippen LogP contribution in [-0.2, 0) is 6.54 Å². The van der Waals surface area contributed by atoms with Crippen molar-refractivity contribution in [2.75, 3.05) is 19.6 Å². The van der Waals surface area contributed by atoms with Crippen LogP contribution in [0, 0.1) is 24.2 Å². The Kier molecular flexibility index (Phi) is 5.63. The van der Waals surface area contributed by atoms with Gasteiger partial charge in [0.15, 0.2) is 0 Å². The highest BCUT2D eigenvalue weighted by molar-refractivity contribution is 5.88. The lowest BCUT2D eigenvalue weighted by molar-refractivity contribution is 0.0119. The first-order valence-corrected chi connectivity index (χ1v) is 12.8. The van der Waals surface area contributed by atoms with Gasteiger partial charge in [0.05, 0.1) is 17.6 Å². The Labute approximate surface area is 206 Å². The van der Waals surface area contributed by atoms with E-state index in [-0.39, 0.29) is 12.0 Å². The number of carbonyl (C=O) groups is 1. The van der Waals surface area contributed by atoms with Crippen molar-refractivity contribution >= 4 is 16.9 Å². The summed E-state index contributed by atoms with van der Waals surface area (Å²) in [7, 11) is 0. The molecule has 3 aliphatic rings. The van der Waals surface area contributed by atoms with Crippen molar-refractivity contribution < 1.29 is 9.90 Å². The number of likely N-dealkylation sites (tertiary alicyclic amines) is 2. The number of rotatable bonds is 6. The number of aromatic amines is 1. The molecule has 6 heteroatoms. The molecule has 0 radical (unpaired) electrons. The summed E-state index contributed by atoms with van der Waals surface area (Å²) in [6.45, 7) is 5.85. The number of carboxylic acid groups (broad SMARTS) is 1. The quantitative estimate of drug-likeness (QED) is 0.519. The molecule has 2 aromatic carbocycles. The standard InChI is InChI=1S/C29H32N4O2/c1-18-12-25(20-2-3-20)26(24-8-10-31-28(18)24)17-32-11-9-23(33-15-19(14-30)16-33)13-27(32)21-4-6-22(7-5-21)29(34)35/h4-8,10,12,19-20,23,27,31H,2-3,9,11,13,15-17H2,1H3,(H,34,35). The second kappa shape index (κ2) is 8.82. The molecule has 0 amide bonds. The molecule has 2 unspecified atom stereocenters. The van der Waals surface area contributed by atoms with Crippen molar-refractivity contribution in [1.82, 2.24) is 14.8 Å². The van der Waals surface area contributed by atoms with E-state index in [4.69, 9.17) is 0 Å². The lowest BCUT2D eigenvalue weighted by atomic mass is 9.86. The minimum Gasteiger partial charge on any atom is -0.478 e. The van der Waals surface area contributed by atoms with Crippen LogP contribution in [0.1, 0.15) is 70.3 Å². The van der Waals surface area contributed by atoms with E-state index in [0.29, 0.717) is 17.5 Å². The molecule has 1 aromatic heterocycles. The molecular weight excluding hydrogens is 436 g/mol. The van der Waals surface area contributed by atoms with Crippen LogP contribution in [0.25, 0.3) is 10.9 Å². The van der Waals surface area contributed by atoms with E-state index < -0.39 is 5.97 Å². The SMILES string of the molecule is Cc1cc(C2CC2)c(CN2CCC(N3CC(C#N)C3)CC2c2ccc(C(=O)O)cc2)c2cc[nH]c12. The fourth-order valence-electron chi connectivity index (χ4n) is 6.24. The number of H-pyrrole nitrogens is 1. The van der Waals surface area contributed by atoms with Gasteiger partial charge in [-0.3, -0.25) is 9.80 Å². The van der Waals surface area contributed by atoms with Crippen molar-refractivity contribution in [2.24, 2.45) is 5.92 Å². The van der Waals surface area contributed by atoms with Gasteiger partial charge in [-0.15, -0.1) is 0 Å². The average molecular weight is 469 g/mol. The van der Waals surface area contributed by atoms with Crippen LogP contribution >= 0.6 is 0 Å². The van der Waals surface area contributed by atoms with Gasteiger partial charge in [0, 0.05) is 55.4 Å². The third-order valence-corrected chi connectivity index (χ3v) is 8.40.